The molecule has 0 aromatic heterocycles. The Hall–Kier alpha value is -2.00. The van der Waals surface area contributed by atoms with Crippen LogP contribution in [-0.2, 0) is 19.1 Å². The van der Waals surface area contributed by atoms with Crippen LogP contribution in [0.2, 0.25) is 0 Å². The first-order valence-electron chi connectivity index (χ1n) is 15.6. The van der Waals surface area contributed by atoms with E-state index in [0.29, 0.717) is 25.3 Å². The standard InChI is InChI=1S/C33H53NO7/c1-8-29-22(5)17-24(7)33(39,41-29)19-30(37)34-14-10-9-11-26(34)32(38)40-31(20(2)3)23(6)15-21(4)16-25-12-13-27(35)28(36)18-25/h12-13,15-16,20,22,24-29,31,35-36,39H,8-11,14,17-19H2,1-7H3/b21-16+,23-15+/t22?,24-,25?,26+,27?,28?,29?,31+,33+/m1/s1. The largest absolute Gasteiger partial charge is 0.456 e. The zero-order valence-corrected chi connectivity index (χ0v) is 26.1. The van der Waals surface area contributed by atoms with Crippen molar-refractivity contribution >= 4 is 11.9 Å². The monoisotopic (exact) mass is 575 g/mol. The van der Waals surface area contributed by atoms with Crippen molar-refractivity contribution < 1.29 is 34.4 Å². The number of amides is 1. The van der Waals surface area contributed by atoms with Crippen LogP contribution in [0, 0.1) is 23.7 Å². The maximum atomic E-state index is 13.6. The molecule has 8 heteroatoms. The van der Waals surface area contributed by atoms with Crippen molar-refractivity contribution in [3.63, 3.8) is 0 Å². The molecule has 0 radical (unpaired) electrons. The minimum atomic E-state index is -1.54. The van der Waals surface area contributed by atoms with Crippen LogP contribution in [0.15, 0.2) is 35.5 Å². The Labute approximate surface area is 246 Å². The Bertz CT molecular complexity index is 1000. The van der Waals surface area contributed by atoms with Crippen molar-refractivity contribution in [3.05, 3.63) is 35.5 Å². The topological polar surface area (TPSA) is 117 Å². The molecule has 2 fully saturated rings. The van der Waals surface area contributed by atoms with Gasteiger partial charge in [0, 0.05) is 12.5 Å². The van der Waals surface area contributed by atoms with Crippen LogP contribution >= 0.6 is 0 Å². The van der Waals surface area contributed by atoms with Gasteiger partial charge < -0.3 is 29.7 Å². The number of rotatable bonds is 9. The third kappa shape index (κ3) is 8.53. The lowest BCUT2D eigenvalue weighted by Gasteiger charge is -2.46. The van der Waals surface area contributed by atoms with Gasteiger partial charge in [-0.3, -0.25) is 4.79 Å². The van der Waals surface area contributed by atoms with Crippen LogP contribution in [0.4, 0.5) is 0 Å². The van der Waals surface area contributed by atoms with Gasteiger partial charge in [0.25, 0.3) is 0 Å². The molecule has 1 amide bonds. The molecule has 0 bridgehead atoms. The van der Waals surface area contributed by atoms with Crippen molar-refractivity contribution in [1.29, 1.82) is 0 Å². The molecule has 0 aromatic carbocycles. The summed E-state index contributed by atoms with van der Waals surface area (Å²) >= 11 is 0. The second-order valence-electron chi connectivity index (χ2n) is 13.0. The highest BCUT2D eigenvalue weighted by atomic mass is 16.6. The molecule has 2 aliphatic heterocycles. The highest BCUT2D eigenvalue weighted by Crippen LogP contribution is 2.39. The number of hydrogen-bond acceptors (Lipinski definition) is 7. The van der Waals surface area contributed by atoms with Crippen molar-refractivity contribution in [3.8, 4) is 0 Å². The summed E-state index contributed by atoms with van der Waals surface area (Å²) in [6.45, 7) is 14.4. The van der Waals surface area contributed by atoms with Gasteiger partial charge in [-0.1, -0.05) is 64.5 Å². The summed E-state index contributed by atoms with van der Waals surface area (Å²) in [5.41, 5.74) is 1.88. The first-order chi connectivity index (χ1) is 19.2. The number of allylic oxidation sites excluding steroid dienone is 4. The van der Waals surface area contributed by atoms with E-state index >= 15 is 0 Å². The summed E-state index contributed by atoms with van der Waals surface area (Å²) in [4.78, 5) is 28.7. The van der Waals surface area contributed by atoms with Crippen LogP contribution in [0.3, 0.4) is 0 Å². The number of ether oxygens (including phenoxy) is 2. The van der Waals surface area contributed by atoms with Gasteiger partial charge in [0.2, 0.25) is 5.91 Å². The molecule has 8 nitrogen and oxygen atoms in total. The van der Waals surface area contributed by atoms with Crippen molar-refractivity contribution in [2.24, 2.45) is 23.7 Å². The molecule has 2 heterocycles. The minimum Gasteiger partial charge on any atom is -0.456 e. The fourth-order valence-electron chi connectivity index (χ4n) is 6.67. The fraction of sp³-hybridized carbons (Fsp3) is 0.758. The maximum Gasteiger partial charge on any atom is 0.329 e. The second-order valence-corrected chi connectivity index (χ2v) is 13.0. The van der Waals surface area contributed by atoms with E-state index < -0.39 is 36.1 Å². The Balaban J connectivity index is 1.71. The molecule has 2 saturated heterocycles. The molecule has 3 aliphatic rings. The number of aliphatic hydroxyl groups is 3. The van der Waals surface area contributed by atoms with E-state index in [9.17, 15) is 24.9 Å². The molecular formula is C33H53NO7. The van der Waals surface area contributed by atoms with Gasteiger partial charge >= 0.3 is 5.97 Å². The number of carbonyl (C=O) groups is 2. The van der Waals surface area contributed by atoms with Gasteiger partial charge in [-0.15, -0.1) is 0 Å². The zero-order valence-electron chi connectivity index (χ0n) is 26.1. The average molecular weight is 576 g/mol. The third-order valence-electron chi connectivity index (χ3n) is 9.08. The first-order valence-corrected chi connectivity index (χ1v) is 15.6. The SMILES string of the molecule is CCC1O[C@@](O)(CC(=O)N2CCCC[C@H]2C(=O)O[C@H](/C(C)=C/C(C)=C/C2C=CC(O)C(O)C2)C(C)C)[C@H](C)CC1C. The summed E-state index contributed by atoms with van der Waals surface area (Å²) in [6.07, 6.45) is 9.38. The van der Waals surface area contributed by atoms with Crippen molar-refractivity contribution in [2.45, 2.75) is 130 Å². The Morgan fingerprint density at radius 1 is 1.15 bits per heavy atom. The molecular weight excluding hydrogens is 522 g/mol. The molecule has 0 spiro atoms. The Kier molecular flexibility index (Phi) is 11.8. The van der Waals surface area contributed by atoms with Crippen LogP contribution in [-0.4, -0.2) is 74.9 Å². The molecule has 0 aromatic rings. The fourth-order valence-corrected chi connectivity index (χ4v) is 6.67. The van der Waals surface area contributed by atoms with E-state index in [-0.39, 0.29) is 36.2 Å². The molecule has 41 heavy (non-hydrogen) atoms. The number of likely N-dealkylation sites (tertiary alicyclic amines) is 1. The van der Waals surface area contributed by atoms with Crippen LogP contribution in [0.5, 0.6) is 0 Å². The number of esters is 1. The van der Waals surface area contributed by atoms with E-state index in [4.69, 9.17) is 9.47 Å². The molecule has 1 aliphatic carbocycles. The predicted octanol–water partition coefficient (Wildman–Crippen LogP) is 4.68. The highest BCUT2D eigenvalue weighted by Gasteiger charge is 2.47. The molecule has 3 rings (SSSR count). The van der Waals surface area contributed by atoms with Crippen LogP contribution in [0.25, 0.3) is 0 Å². The summed E-state index contributed by atoms with van der Waals surface area (Å²) in [5, 5.41) is 31.1. The van der Waals surface area contributed by atoms with Crippen LogP contribution < -0.4 is 0 Å². The van der Waals surface area contributed by atoms with Crippen molar-refractivity contribution in [1.82, 2.24) is 4.90 Å². The number of carbonyl (C=O) groups excluding carboxylic acids is 2. The number of hydrogen-bond donors (Lipinski definition) is 3. The number of piperidine rings is 1. The third-order valence-corrected chi connectivity index (χ3v) is 9.08. The van der Waals surface area contributed by atoms with Crippen molar-refractivity contribution in [2.75, 3.05) is 6.54 Å². The van der Waals surface area contributed by atoms with E-state index in [1.807, 2.05) is 59.8 Å². The summed E-state index contributed by atoms with van der Waals surface area (Å²) in [7, 11) is 0. The Morgan fingerprint density at radius 2 is 1.85 bits per heavy atom. The molecule has 0 saturated carbocycles. The number of nitrogens with zero attached hydrogens (tertiary/aromatic N) is 1. The molecule has 3 N–H and O–H groups in total. The van der Waals surface area contributed by atoms with Gasteiger partial charge in [0.05, 0.1) is 24.7 Å². The summed E-state index contributed by atoms with van der Waals surface area (Å²) in [5.74, 6) is -2.07. The zero-order chi connectivity index (χ0) is 30.5. The molecule has 9 atom stereocenters. The molecule has 5 unspecified atom stereocenters. The van der Waals surface area contributed by atoms with Gasteiger partial charge in [0.1, 0.15) is 12.1 Å². The predicted molar refractivity (Wildman–Crippen MR) is 159 cm³/mol. The lowest BCUT2D eigenvalue weighted by Crippen LogP contribution is -2.55. The van der Waals surface area contributed by atoms with Gasteiger partial charge in [-0.25, -0.2) is 4.79 Å². The average Bonchev–Trinajstić information content (AvgIpc) is 2.91. The van der Waals surface area contributed by atoms with E-state index in [2.05, 4.69) is 6.92 Å². The van der Waals surface area contributed by atoms with Gasteiger partial charge in [-0.05, 0) is 75.7 Å². The summed E-state index contributed by atoms with van der Waals surface area (Å²) < 4.78 is 12.2. The normalized spacial score (nSPS) is 35.9. The minimum absolute atomic E-state index is 0.0146. The quantitative estimate of drug-likeness (QED) is 0.208. The molecule has 232 valence electrons. The second kappa shape index (κ2) is 14.5. The van der Waals surface area contributed by atoms with E-state index in [0.717, 1.165) is 36.8 Å². The first kappa shape index (κ1) is 33.5. The highest BCUT2D eigenvalue weighted by molar-refractivity contribution is 5.85. The Morgan fingerprint density at radius 3 is 2.49 bits per heavy atom. The lowest BCUT2D eigenvalue weighted by atomic mass is 9.81. The maximum absolute atomic E-state index is 13.6. The van der Waals surface area contributed by atoms with E-state index in [1.54, 1.807) is 11.0 Å². The summed E-state index contributed by atoms with van der Waals surface area (Å²) in [6, 6.07) is -0.689. The van der Waals surface area contributed by atoms with Gasteiger partial charge in [0.15, 0.2) is 5.79 Å². The van der Waals surface area contributed by atoms with E-state index in [1.165, 1.54) is 0 Å². The smallest absolute Gasteiger partial charge is 0.329 e. The lowest BCUT2D eigenvalue weighted by molar-refractivity contribution is -0.293. The van der Waals surface area contributed by atoms with Crippen LogP contribution in [0.1, 0.15) is 93.4 Å². The number of aliphatic hydroxyl groups excluding tert-OH is 2. The van der Waals surface area contributed by atoms with Gasteiger partial charge in [-0.2, -0.15) is 0 Å².